The maximum Gasteiger partial charge on any atom is 0.254 e. The lowest BCUT2D eigenvalue weighted by atomic mass is 9.95. The van der Waals surface area contributed by atoms with Crippen molar-refractivity contribution >= 4 is 39.8 Å². The minimum Gasteiger partial charge on any atom is -0.348 e. The summed E-state index contributed by atoms with van der Waals surface area (Å²) in [6, 6.07) is 7.69. The van der Waals surface area contributed by atoms with E-state index in [0.29, 0.717) is 22.1 Å². The highest BCUT2D eigenvalue weighted by molar-refractivity contribution is 7.17. The normalized spacial score (nSPS) is 20.2. The van der Waals surface area contributed by atoms with Gasteiger partial charge in [-0.05, 0) is 61.3 Å². The summed E-state index contributed by atoms with van der Waals surface area (Å²) in [7, 11) is 0. The lowest BCUT2D eigenvalue weighted by Crippen LogP contribution is -2.26. The second-order valence-electron chi connectivity index (χ2n) is 7.40. The fourth-order valence-electron chi connectivity index (χ4n) is 3.92. The Kier molecular flexibility index (Phi) is 5.56. The molecule has 6 heteroatoms. The number of hydrogen-bond acceptors (Lipinski definition) is 3. The van der Waals surface area contributed by atoms with Crippen molar-refractivity contribution < 1.29 is 9.59 Å². The Bertz CT molecular complexity index is 919. The van der Waals surface area contributed by atoms with Crippen LogP contribution in [0.1, 0.15) is 51.5 Å². The van der Waals surface area contributed by atoms with E-state index in [2.05, 4.69) is 17.2 Å². The zero-order valence-electron chi connectivity index (χ0n) is 15.6. The van der Waals surface area contributed by atoms with E-state index in [1.165, 1.54) is 4.88 Å². The summed E-state index contributed by atoms with van der Waals surface area (Å²) in [5.74, 6) is 0.0465. The van der Waals surface area contributed by atoms with Gasteiger partial charge in [0.2, 0.25) is 5.91 Å². The number of fused-ring (bicyclic) bond motifs is 1. The molecule has 2 unspecified atom stereocenters. The number of nitrogens with one attached hydrogen (secondary N) is 2. The summed E-state index contributed by atoms with van der Waals surface area (Å²) < 4.78 is 0. The molecule has 2 amide bonds. The van der Waals surface area contributed by atoms with Crippen LogP contribution in [0.15, 0.2) is 36.9 Å². The topological polar surface area (TPSA) is 58.2 Å². The van der Waals surface area contributed by atoms with Crippen molar-refractivity contribution in [2.75, 3.05) is 11.9 Å². The van der Waals surface area contributed by atoms with E-state index in [1.54, 1.807) is 17.4 Å². The zero-order valence-corrected chi connectivity index (χ0v) is 17.2. The number of amides is 2. The van der Waals surface area contributed by atoms with E-state index >= 15 is 0 Å². The summed E-state index contributed by atoms with van der Waals surface area (Å²) >= 11 is 7.51. The summed E-state index contributed by atoms with van der Waals surface area (Å²) in [6.07, 6.45) is 6.59. The number of halogens is 1. The number of benzene rings is 1. The van der Waals surface area contributed by atoms with Crippen LogP contribution in [0.4, 0.5) is 5.00 Å². The first kappa shape index (κ1) is 19.2. The van der Waals surface area contributed by atoms with Gasteiger partial charge in [-0.1, -0.05) is 29.8 Å². The third kappa shape index (κ3) is 3.87. The van der Waals surface area contributed by atoms with Crippen LogP contribution >= 0.6 is 22.9 Å². The van der Waals surface area contributed by atoms with Crippen molar-refractivity contribution in [2.45, 2.75) is 38.0 Å². The molecule has 1 aromatic carbocycles. The van der Waals surface area contributed by atoms with Crippen molar-refractivity contribution in [3.8, 4) is 0 Å². The first-order valence-corrected chi connectivity index (χ1v) is 10.9. The number of anilines is 1. The Balaban J connectivity index is 1.52. The van der Waals surface area contributed by atoms with Crippen LogP contribution in [0.2, 0.25) is 5.02 Å². The number of aryl methyl sites for hydroxylation is 1. The van der Waals surface area contributed by atoms with Gasteiger partial charge in [-0.15, -0.1) is 17.9 Å². The number of hydrogen-bond donors (Lipinski definition) is 2. The molecule has 0 bridgehead atoms. The zero-order chi connectivity index (χ0) is 19.7. The van der Waals surface area contributed by atoms with Crippen LogP contribution in [0, 0.1) is 5.92 Å². The molecule has 4 rings (SSSR count). The molecule has 2 aliphatic rings. The van der Waals surface area contributed by atoms with Gasteiger partial charge < -0.3 is 10.6 Å². The molecule has 0 aliphatic heterocycles. The lowest BCUT2D eigenvalue weighted by molar-refractivity contribution is -0.117. The molecule has 4 nitrogen and oxygen atoms in total. The standard InChI is InChI=1S/C22H23ClN2O2S/c1-2-11-24-21(27)19-15-5-3-4-6-18(15)28-22(19)25-20(26)17-12-16(17)13-7-9-14(23)10-8-13/h2,7-10,16-17H,1,3-6,11-12H2,(H,24,27)(H,25,26). The second-order valence-corrected chi connectivity index (χ2v) is 8.94. The lowest BCUT2D eigenvalue weighted by Gasteiger charge is -2.13. The molecule has 0 radical (unpaired) electrons. The summed E-state index contributed by atoms with van der Waals surface area (Å²) in [6.45, 7) is 4.07. The maximum absolute atomic E-state index is 12.8. The molecule has 2 aromatic rings. The van der Waals surface area contributed by atoms with Crippen molar-refractivity contribution in [3.05, 3.63) is 63.5 Å². The highest BCUT2D eigenvalue weighted by Gasteiger charge is 2.44. The molecule has 28 heavy (non-hydrogen) atoms. The van der Waals surface area contributed by atoms with Gasteiger partial charge in [-0.3, -0.25) is 9.59 Å². The predicted octanol–water partition coefficient (Wildman–Crippen LogP) is 4.94. The minimum atomic E-state index is -0.125. The number of carbonyl (C=O) groups excluding carboxylic acids is 2. The predicted molar refractivity (Wildman–Crippen MR) is 114 cm³/mol. The van der Waals surface area contributed by atoms with Crippen LogP contribution in [0.5, 0.6) is 0 Å². The van der Waals surface area contributed by atoms with Crippen LogP contribution in [-0.2, 0) is 17.6 Å². The molecule has 2 N–H and O–H groups in total. The van der Waals surface area contributed by atoms with E-state index in [4.69, 9.17) is 11.6 Å². The van der Waals surface area contributed by atoms with Gasteiger partial charge in [0.25, 0.3) is 5.91 Å². The van der Waals surface area contributed by atoms with E-state index in [1.807, 2.05) is 24.3 Å². The molecule has 146 valence electrons. The van der Waals surface area contributed by atoms with E-state index < -0.39 is 0 Å². The first-order chi connectivity index (χ1) is 13.6. The minimum absolute atomic E-state index is 0.00341. The SMILES string of the molecule is C=CCNC(=O)c1c(NC(=O)C2CC2c2ccc(Cl)cc2)sc2c1CCCC2. The number of rotatable bonds is 6. The third-order valence-electron chi connectivity index (χ3n) is 5.47. The maximum atomic E-state index is 12.8. The van der Waals surface area contributed by atoms with E-state index in [0.717, 1.165) is 43.2 Å². The Morgan fingerprint density at radius 3 is 2.71 bits per heavy atom. The quantitative estimate of drug-likeness (QED) is 0.658. The molecule has 0 spiro atoms. The van der Waals surface area contributed by atoms with Gasteiger partial charge in [0.05, 0.1) is 5.56 Å². The van der Waals surface area contributed by atoms with Crippen molar-refractivity contribution in [3.63, 3.8) is 0 Å². The van der Waals surface area contributed by atoms with Gasteiger partial charge in [0, 0.05) is 22.4 Å². The average molecular weight is 415 g/mol. The average Bonchev–Trinajstić information content (AvgIpc) is 3.41. The van der Waals surface area contributed by atoms with E-state index in [9.17, 15) is 9.59 Å². The van der Waals surface area contributed by atoms with Gasteiger partial charge in [-0.2, -0.15) is 0 Å². The highest BCUT2D eigenvalue weighted by Crippen LogP contribution is 2.49. The van der Waals surface area contributed by atoms with Crippen LogP contribution in [0.25, 0.3) is 0 Å². The van der Waals surface area contributed by atoms with E-state index in [-0.39, 0.29) is 23.7 Å². The second kappa shape index (κ2) is 8.10. The monoisotopic (exact) mass is 414 g/mol. The van der Waals surface area contributed by atoms with Crippen LogP contribution in [0.3, 0.4) is 0 Å². The summed E-state index contributed by atoms with van der Waals surface area (Å²) in [4.78, 5) is 26.8. The third-order valence-corrected chi connectivity index (χ3v) is 6.93. The Hall–Kier alpha value is -2.11. The van der Waals surface area contributed by atoms with Gasteiger partial charge in [0.1, 0.15) is 5.00 Å². The fraction of sp³-hybridized carbons (Fsp3) is 0.364. The molecule has 1 fully saturated rings. The molecular formula is C22H23ClN2O2S. The molecule has 2 atom stereocenters. The highest BCUT2D eigenvalue weighted by atomic mass is 35.5. The van der Waals surface area contributed by atoms with Crippen molar-refractivity contribution in [2.24, 2.45) is 5.92 Å². The Labute approximate surface area is 174 Å². The summed E-state index contributed by atoms with van der Waals surface area (Å²) in [5, 5.41) is 7.33. The van der Waals surface area contributed by atoms with Crippen molar-refractivity contribution in [1.82, 2.24) is 5.32 Å². The number of carbonyl (C=O) groups is 2. The molecular weight excluding hydrogens is 392 g/mol. The Morgan fingerprint density at radius 2 is 1.96 bits per heavy atom. The first-order valence-electron chi connectivity index (χ1n) is 9.68. The van der Waals surface area contributed by atoms with Gasteiger partial charge in [-0.25, -0.2) is 0 Å². The number of thiophene rings is 1. The molecule has 0 saturated heterocycles. The smallest absolute Gasteiger partial charge is 0.254 e. The van der Waals surface area contributed by atoms with Gasteiger partial charge >= 0.3 is 0 Å². The Morgan fingerprint density at radius 1 is 1.21 bits per heavy atom. The molecule has 2 aliphatic carbocycles. The fourth-order valence-corrected chi connectivity index (χ4v) is 5.33. The van der Waals surface area contributed by atoms with Gasteiger partial charge in [0.15, 0.2) is 0 Å². The molecule has 1 aromatic heterocycles. The largest absolute Gasteiger partial charge is 0.348 e. The molecule has 1 heterocycles. The van der Waals surface area contributed by atoms with Crippen LogP contribution in [-0.4, -0.2) is 18.4 Å². The van der Waals surface area contributed by atoms with Crippen LogP contribution < -0.4 is 10.6 Å². The van der Waals surface area contributed by atoms with Crippen molar-refractivity contribution in [1.29, 1.82) is 0 Å². The summed E-state index contributed by atoms with van der Waals surface area (Å²) in [5.41, 5.74) is 2.90. The molecule has 1 saturated carbocycles.